The predicted molar refractivity (Wildman–Crippen MR) is 77.9 cm³/mol. The highest BCUT2D eigenvalue weighted by Crippen LogP contribution is 2.24. The topological polar surface area (TPSA) is 51.0 Å². The Balaban J connectivity index is 1.75. The van der Waals surface area contributed by atoms with Gasteiger partial charge < -0.3 is 9.47 Å². The molecular weight excluding hydrogens is 272 g/mol. The van der Waals surface area contributed by atoms with Gasteiger partial charge in [0.2, 0.25) is 0 Å². The van der Waals surface area contributed by atoms with Crippen molar-refractivity contribution in [1.29, 1.82) is 0 Å². The summed E-state index contributed by atoms with van der Waals surface area (Å²) in [6.07, 6.45) is 6.93. The first-order chi connectivity index (χ1) is 9.79. The molecule has 2 aromatic rings. The summed E-state index contributed by atoms with van der Waals surface area (Å²) in [5, 5.41) is 1.82. The molecule has 0 spiro atoms. The number of rotatable bonds is 3. The van der Waals surface area contributed by atoms with Crippen molar-refractivity contribution in [2.45, 2.75) is 32.2 Å². The molecule has 1 aliphatic heterocycles. The number of hydrogen-bond donors (Lipinski definition) is 0. The van der Waals surface area contributed by atoms with Crippen LogP contribution in [-0.2, 0) is 6.42 Å². The Morgan fingerprint density at radius 3 is 3.15 bits per heavy atom. The first kappa shape index (κ1) is 13.3. The van der Waals surface area contributed by atoms with Gasteiger partial charge in [0.15, 0.2) is 0 Å². The molecule has 1 atom stereocenters. The van der Waals surface area contributed by atoms with Gasteiger partial charge in [-0.15, -0.1) is 11.3 Å². The van der Waals surface area contributed by atoms with Crippen LogP contribution in [0, 0.1) is 0 Å². The molecule has 106 valence electrons. The van der Waals surface area contributed by atoms with Gasteiger partial charge in [0.1, 0.15) is 11.5 Å². The number of likely N-dealkylation sites (tertiary alicyclic amines) is 1. The molecule has 0 radical (unpaired) electrons. The van der Waals surface area contributed by atoms with Crippen molar-refractivity contribution in [3.05, 3.63) is 34.8 Å². The van der Waals surface area contributed by atoms with E-state index in [0.29, 0.717) is 11.7 Å². The Bertz CT molecular complexity index is 578. The Labute approximate surface area is 122 Å². The lowest BCUT2D eigenvalue weighted by Gasteiger charge is -2.33. The summed E-state index contributed by atoms with van der Waals surface area (Å²) < 4.78 is 2.22. The van der Waals surface area contributed by atoms with Crippen LogP contribution < -0.4 is 0 Å². The first-order valence-electron chi connectivity index (χ1n) is 6.98. The van der Waals surface area contributed by atoms with E-state index in [1.54, 1.807) is 5.51 Å². The predicted octanol–water partition coefficient (Wildman–Crippen LogP) is 2.38. The van der Waals surface area contributed by atoms with Crippen molar-refractivity contribution in [3.8, 4) is 0 Å². The van der Waals surface area contributed by atoms with Gasteiger partial charge >= 0.3 is 0 Å². The minimum atomic E-state index is 0.0501. The quantitative estimate of drug-likeness (QED) is 0.872. The van der Waals surface area contributed by atoms with Gasteiger partial charge in [0, 0.05) is 37.3 Å². The third kappa shape index (κ3) is 2.47. The molecular formula is C14H18N4OS. The molecule has 0 aliphatic carbocycles. The Hall–Kier alpha value is -1.69. The fraction of sp³-hybridized carbons (Fsp3) is 0.500. The molecule has 0 N–H and O–H groups in total. The zero-order valence-corrected chi connectivity index (χ0v) is 12.3. The highest BCUT2D eigenvalue weighted by molar-refractivity contribution is 7.07. The van der Waals surface area contributed by atoms with E-state index in [2.05, 4.69) is 21.5 Å². The maximum Gasteiger partial charge on any atom is 0.273 e. The molecule has 3 rings (SSSR count). The number of hydrogen-bond acceptors (Lipinski definition) is 4. The van der Waals surface area contributed by atoms with Crippen LogP contribution in [0.1, 0.15) is 42.1 Å². The van der Waals surface area contributed by atoms with Gasteiger partial charge in [0.25, 0.3) is 5.91 Å². The van der Waals surface area contributed by atoms with Gasteiger partial charge in [0.05, 0.1) is 11.6 Å². The molecule has 6 heteroatoms. The van der Waals surface area contributed by atoms with E-state index in [9.17, 15) is 4.79 Å². The summed E-state index contributed by atoms with van der Waals surface area (Å²) in [5.41, 5.74) is 2.27. The van der Waals surface area contributed by atoms with Crippen molar-refractivity contribution in [3.63, 3.8) is 0 Å². The fourth-order valence-corrected chi connectivity index (χ4v) is 3.32. The van der Waals surface area contributed by atoms with E-state index in [4.69, 9.17) is 0 Å². The number of nitrogens with zero attached hydrogens (tertiary/aromatic N) is 4. The summed E-state index contributed by atoms with van der Waals surface area (Å²) in [6, 6.07) is 0.337. The standard InChI is InChI=1S/C14H18N4OS/c1-2-13-15-5-7-18(13)11-4-3-6-17(8-11)14(19)12-9-20-10-16-12/h5,7,9-11H,2-4,6,8H2,1H3/t11-/m1/s1. The smallest absolute Gasteiger partial charge is 0.273 e. The third-order valence-corrected chi connectivity index (χ3v) is 4.38. The second-order valence-electron chi connectivity index (χ2n) is 5.03. The highest BCUT2D eigenvalue weighted by Gasteiger charge is 2.27. The zero-order chi connectivity index (χ0) is 13.9. The SMILES string of the molecule is CCc1nccn1[C@@H]1CCCN(C(=O)c2cscn2)C1. The lowest BCUT2D eigenvalue weighted by Crippen LogP contribution is -2.41. The van der Waals surface area contributed by atoms with Gasteiger partial charge in [-0.25, -0.2) is 9.97 Å². The maximum atomic E-state index is 12.4. The van der Waals surface area contributed by atoms with Crippen molar-refractivity contribution < 1.29 is 4.79 Å². The molecule has 0 bridgehead atoms. The molecule has 1 fully saturated rings. The van der Waals surface area contributed by atoms with Crippen LogP contribution in [0.15, 0.2) is 23.3 Å². The van der Waals surface area contributed by atoms with E-state index in [1.807, 2.05) is 22.7 Å². The zero-order valence-electron chi connectivity index (χ0n) is 11.5. The minimum Gasteiger partial charge on any atom is -0.335 e. The van der Waals surface area contributed by atoms with E-state index >= 15 is 0 Å². The maximum absolute atomic E-state index is 12.4. The number of piperidine rings is 1. The van der Waals surface area contributed by atoms with Crippen molar-refractivity contribution in [2.24, 2.45) is 0 Å². The molecule has 2 aromatic heterocycles. The second kappa shape index (κ2) is 5.75. The third-order valence-electron chi connectivity index (χ3n) is 3.79. The molecule has 0 aromatic carbocycles. The number of amides is 1. The van der Waals surface area contributed by atoms with E-state index in [0.717, 1.165) is 38.2 Å². The minimum absolute atomic E-state index is 0.0501. The summed E-state index contributed by atoms with van der Waals surface area (Å²) in [7, 11) is 0. The largest absolute Gasteiger partial charge is 0.335 e. The van der Waals surface area contributed by atoms with Crippen LogP contribution in [-0.4, -0.2) is 38.4 Å². The number of carbonyl (C=O) groups is 1. The number of aryl methyl sites for hydroxylation is 1. The number of thiazole rings is 1. The summed E-state index contributed by atoms with van der Waals surface area (Å²) in [4.78, 5) is 22.8. The summed E-state index contributed by atoms with van der Waals surface area (Å²) >= 11 is 1.46. The highest BCUT2D eigenvalue weighted by atomic mass is 32.1. The first-order valence-corrected chi connectivity index (χ1v) is 7.93. The summed E-state index contributed by atoms with van der Waals surface area (Å²) in [5.74, 6) is 1.15. The fourth-order valence-electron chi connectivity index (χ4n) is 2.80. The van der Waals surface area contributed by atoms with Crippen molar-refractivity contribution in [1.82, 2.24) is 19.4 Å². The van der Waals surface area contributed by atoms with Crippen LogP contribution in [0.25, 0.3) is 0 Å². The number of aromatic nitrogens is 3. The van der Waals surface area contributed by atoms with Gasteiger partial charge in [-0.05, 0) is 12.8 Å². The van der Waals surface area contributed by atoms with Gasteiger partial charge in [-0.3, -0.25) is 4.79 Å². The normalized spacial score (nSPS) is 19.2. The van der Waals surface area contributed by atoms with E-state index in [1.165, 1.54) is 11.3 Å². The molecule has 1 saturated heterocycles. The van der Waals surface area contributed by atoms with Crippen molar-refractivity contribution in [2.75, 3.05) is 13.1 Å². The average molecular weight is 290 g/mol. The Kier molecular flexibility index (Phi) is 3.82. The van der Waals surface area contributed by atoms with Crippen LogP contribution in [0.4, 0.5) is 0 Å². The van der Waals surface area contributed by atoms with Crippen LogP contribution in [0.2, 0.25) is 0 Å². The van der Waals surface area contributed by atoms with E-state index in [-0.39, 0.29) is 5.91 Å². The molecule has 0 unspecified atom stereocenters. The molecule has 20 heavy (non-hydrogen) atoms. The molecule has 5 nitrogen and oxygen atoms in total. The van der Waals surface area contributed by atoms with Gasteiger partial charge in [-0.1, -0.05) is 6.92 Å². The van der Waals surface area contributed by atoms with Crippen LogP contribution >= 0.6 is 11.3 Å². The lowest BCUT2D eigenvalue weighted by atomic mass is 10.0. The second-order valence-corrected chi connectivity index (χ2v) is 5.74. The Morgan fingerprint density at radius 1 is 1.50 bits per heavy atom. The molecule has 1 amide bonds. The van der Waals surface area contributed by atoms with Crippen LogP contribution in [0.5, 0.6) is 0 Å². The van der Waals surface area contributed by atoms with Crippen molar-refractivity contribution >= 4 is 17.2 Å². The van der Waals surface area contributed by atoms with Gasteiger partial charge in [-0.2, -0.15) is 0 Å². The number of carbonyl (C=O) groups excluding carboxylic acids is 1. The Morgan fingerprint density at radius 2 is 2.40 bits per heavy atom. The lowest BCUT2D eigenvalue weighted by molar-refractivity contribution is 0.0673. The average Bonchev–Trinajstić information content (AvgIpc) is 3.17. The number of imidazole rings is 1. The van der Waals surface area contributed by atoms with E-state index < -0.39 is 0 Å². The van der Waals surface area contributed by atoms with Crippen LogP contribution in [0.3, 0.4) is 0 Å². The monoisotopic (exact) mass is 290 g/mol. The molecule has 3 heterocycles. The summed E-state index contributed by atoms with van der Waals surface area (Å²) in [6.45, 7) is 3.68. The molecule has 1 aliphatic rings. The molecule has 0 saturated carbocycles.